The molecular weight excluding hydrogens is 424 g/mol. The number of halogens is 1. The van der Waals surface area contributed by atoms with Gasteiger partial charge in [-0.2, -0.15) is 5.10 Å². The second kappa shape index (κ2) is 8.80. The predicted octanol–water partition coefficient (Wildman–Crippen LogP) is 6.41. The maximum absolute atomic E-state index is 4.68. The van der Waals surface area contributed by atoms with E-state index in [1.54, 1.807) is 0 Å². The molecule has 0 spiro atoms. The van der Waals surface area contributed by atoms with Crippen LogP contribution in [0.3, 0.4) is 0 Å². The minimum atomic E-state index is 0.458. The third-order valence-electron chi connectivity index (χ3n) is 4.45. The Morgan fingerprint density at radius 3 is 1.93 bits per heavy atom. The van der Waals surface area contributed by atoms with Crippen molar-refractivity contribution in [3.63, 3.8) is 0 Å². The molecule has 0 saturated heterocycles. The molecule has 4 aromatic rings. The summed E-state index contributed by atoms with van der Waals surface area (Å²) in [6.07, 6.45) is 0. The normalized spacial score (nSPS) is 11.3. The zero-order valence-electron chi connectivity index (χ0n) is 15.9. The zero-order valence-corrected chi connectivity index (χ0v) is 17.5. The van der Waals surface area contributed by atoms with E-state index in [1.165, 1.54) is 0 Å². The predicted molar refractivity (Wildman–Crippen MR) is 123 cm³/mol. The molecule has 0 aliphatic heterocycles. The summed E-state index contributed by atoms with van der Waals surface area (Å²) in [5.41, 5.74) is 8.66. The van der Waals surface area contributed by atoms with Crippen molar-refractivity contribution in [2.45, 2.75) is 6.92 Å². The fourth-order valence-electron chi connectivity index (χ4n) is 2.90. The first-order valence-corrected chi connectivity index (χ1v) is 10.0. The van der Waals surface area contributed by atoms with Crippen LogP contribution in [0.2, 0.25) is 0 Å². The van der Waals surface area contributed by atoms with Gasteiger partial charge < -0.3 is 0 Å². The maximum atomic E-state index is 4.68. The van der Waals surface area contributed by atoms with Gasteiger partial charge in [0.1, 0.15) is 0 Å². The minimum absolute atomic E-state index is 0.458. The largest absolute Gasteiger partial charge is 0.245 e. The third kappa shape index (κ3) is 4.76. The van der Waals surface area contributed by atoms with Gasteiger partial charge in [-0.05, 0) is 30.7 Å². The van der Waals surface area contributed by atoms with Crippen molar-refractivity contribution < 1.29 is 0 Å². The lowest BCUT2D eigenvalue weighted by molar-refractivity contribution is 1.12. The van der Waals surface area contributed by atoms with E-state index in [9.17, 15) is 0 Å². The average Bonchev–Trinajstić information content (AvgIpc) is 2.79. The summed E-state index contributed by atoms with van der Waals surface area (Å²) >= 11 is 3.48. The Balaban J connectivity index is 1.72. The summed E-state index contributed by atoms with van der Waals surface area (Å²) < 4.78 is 1.03. The lowest BCUT2D eigenvalue weighted by atomic mass is 10.1. The molecule has 0 unspecified atom stereocenters. The second-order valence-electron chi connectivity index (χ2n) is 6.51. The molecule has 4 rings (SSSR count). The van der Waals surface area contributed by atoms with E-state index < -0.39 is 0 Å². The third-order valence-corrected chi connectivity index (χ3v) is 4.98. The number of hydrogen-bond acceptors (Lipinski definition) is 4. The van der Waals surface area contributed by atoms with Gasteiger partial charge in [0.25, 0.3) is 0 Å². The Bertz CT molecular complexity index is 1120. The summed E-state index contributed by atoms with van der Waals surface area (Å²) in [6, 6.07) is 30.2. The molecule has 0 saturated carbocycles. The maximum Gasteiger partial charge on any atom is 0.244 e. The van der Waals surface area contributed by atoms with E-state index in [-0.39, 0.29) is 0 Å². The quantitative estimate of drug-likeness (QED) is 0.287. The van der Waals surface area contributed by atoms with Crippen molar-refractivity contribution in [2.24, 2.45) is 5.10 Å². The summed E-state index contributed by atoms with van der Waals surface area (Å²) in [6.45, 7) is 1.96. The Morgan fingerprint density at radius 2 is 1.31 bits per heavy atom. The molecule has 0 radical (unpaired) electrons. The van der Waals surface area contributed by atoms with Gasteiger partial charge >= 0.3 is 0 Å². The van der Waals surface area contributed by atoms with E-state index in [4.69, 9.17) is 0 Å². The summed E-state index contributed by atoms with van der Waals surface area (Å²) in [4.78, 5) is 9.35. The van der Waals surface area contributed by atoms with Crippen LogP contribution in [0.25, 0.3) is 22.5 Å². The fraction of sp³-hybridized carbons (Fsp3) is 0.0417. The number of nitrogens with one attached hydrogen (secondary N) is 1. The smallest absolute Gasteiger partial charge is 0.244 e. The topological polar surface area (TPSA) is 50.2 Å². The average molecular weight is 443 g/mol. The Hall–Kier alpha value is -3.31. The molecule has 1 N–H and O–H groups in total. The molecule has 3 aromatic carbocycles. The van der Waals surface area contributed by atoms with Crippen molar-refractivity contribution >= 4 is 27.6 Å². The highest BCUT2D eigenvalue weighted by molar-refractivity contribution is 9.10. The van der Waals surface area contributed by atoms with Gasteiger partial charge in [-0.3, -0.25) is 0 Å². The van der Waals surface area contributed by atoms with Crippen LogP contribution in [0.5, 0.6) is 0 Å². The number of hydrazone groups is 1. The van der Waals surface area contributed by atoms with Crippen molar-refractivity contribution in [1.82, 2.24) is 9.97 Å². The van der Waals surface area contributed by atoms with Crippen LogP contribution in [-0.2, 0) is 0 Å². The van der Waals surface area contributed by atoms with E-state index in [1.807, 2.05) is 97.9 Å². The van der Waals surface area contributed by atoms with Crippen molar-refractivity contribution in [3.8, 4) is 22.5 Å². The van der Waals surface area contributed by atoms with Gasteiger partial charge in [-0.15, -0.1) is 0 Å². The molecular formula is C24H19BrN4. The number of benzene rings is 3. The van der Waals surface area contributed by atoms with Crippen LogP contribution in [-0.4, -0.2) is 15.7 Å². The number of nitrogens with zero attached hydrogens (tertiary/aromatic N) is 3. The highest BCUT2D eigenvalue weighted by Crippen LogP contribution is 2.26. The molecule has 1 aromatic heterocycles. The monoisotopic (exact) mass is 442 g/mol. The first-order valence-electron chi connectivity index (χ1n) is 9.25. The first kappa shape index (κ1) is 19.0. The molecule has 142 valence electrons. The highest BCUT2D eigenvalue weighted by atomic mass is 79.9. The van der Waals surface area contributed by atoms with Gasteiger partial charge in [0.2, 0.25) is 5.95 Å². The lowest BCUT2D eigenvalue weighted by Crippen LogP contribution is -2.03. The van der Waals surface area contributed by atoms with E-state index in [2.05, 4.69) is 36.4 Å². The summed E-state index contributed by atoms with van der Waals surface area (Å²) in [7, 11) is 0. The van der Waals surface area contributed by atoms with E-state index in [0.29, 0.717) is 5.95 Å². The molecule has 0 atom stereocenters. The highest BCUT2D eigenvalue weighted by Gasteiger charge is 2.09. The van der Waals surface area contributed by atoms with Gasteiger partial charge in [0.15, 0.2) is 0 Å². The SMILES string of the molecule is C/C(=N\Nc1nc(-c2ccccc2)cc(-c2ccc(Br)cc2)n1)c1ccccc1. The lowest BCUT2D eigenvalue weighted by Gasteiger charge is -2.09. The molecule has 29 heavy (non-hydrogen) atoms. The molecule has 0 aliphatic carbocycles. The van der Waals surface area contributed by atoms with Crippen molar-refractivity contribution in [2.75, 3.05) is 5.43 Å². The summed E-state index contributed by atoms with van der Waals surface area (Å²) in [5.74, 6) is 0.458. The molecule has 0 bridgehead atoms. The fourth-order valence-corrected chi connectivity index (χ4v) is 3.16. The van der Waals surface area contributed by atoms with Gasteiger partial charge in [-0.1, -0.05) is 88.7 Å². The van der Waals surface area contributed by atoms with Crippen LogP contribution in [0.15, 0.2) is 101 Å². The summed E-state index contributed by atoms with van der Waals surface area (Å²) in [5, 5.41) is 4.48. The van der Waals surface area contributed by atoms with Gasteiger partial charge in [0, 0.05) is 15.6 Å². The Labute approximate surface area is 178 Å². The second-order valence-corrected chi connectivity index (χ2v) is 7.43. The number of anilines is 1. The minimum Gasteiger partial charge on any atom is -0.245 e. The van der Waals surface area contributed by atoms with Crippen LogP contribution in [0.4, 0.5) is 5.95 Å². The van der Waals surface area contributed by atoms with E-state index in [0.717, 1.165) is 38.3 Å². The first-order chi connectivity index (χ1) is 14.2. The number of aromatic nitrogens is 2. The standard InChI is InChI=1S/C24H19BrN4/c1-17(18-8-4-2-5-9-18)28-29-24-26-22(19-10-6-3-7-11-19)16-23(27-24)20-12-14-21(25)15-13-20/h2-16H,1H3,(H,26,27,29)/b28-17+. The van der Waals surface area contributed by atoms with Crippen molar-refractivity contribution in [3.05, 3.63) is 101 Å². The van der Waals surface area contributed by atoms with E-state index >= 15 is 0 Å². The molecule has 4 nitrogen and oxygen atoms in total. The molecule has 0 fully saturated rings. The number of rotatable bonds is 5. The van der Waals surface area contributed by atoms with Crippen LogP contribution < -0.4 is 5.43 Å². The van der Waals surface area contributed by atoms with Crippen LogP contribution in [0, 0.1) is 0 Å². The number of hydrogen-bond donors (Lipinski definition) is 1. The molecule has 1 heterocycles. The zero-order chi connectivity index (χ0) is 20.1. The molecule has 0 amide bonds. The molecule has 5 heteroatoms. The Morgan fingerprint density at radius 1 is 0.759 bits per heavy atom. The van der Waals surface area contributed by atoms with Gasteiger partial charge in [-0.25, -0.2) is 15.4 Å². The Kier molecular flexibility index (Phi) is 5.77. The molecule has 0 aliphatic rings. The van der Waals surface area contributed by atoms with Crippen LogP contribution in [0.1, 0.15) is 12.5 Å². The van der Waals surface area contributed by atoms with Gasteiger partial charge in [0.05, 0.1) is 17.1 Å². The van der Waals surface area contributed by atoms with Crippen LogP contribution >= 0.6 is 15.9 Å². The van der Waals surface area contributed by atoms with Crippen molar-refractivity contribution in [1.29, 1.82) is 0 Å².